The van der Waals surface area contributed by atoms with Gasteiger partial charge < -0.3 is 19.5 Å². The minimum Gasteiger partial charge on any atom is -0.385 e. The second-order valence-electron chi connectivity index (χ2n) is 7.07. The number of nitrogens with one attached hydrogen (secondary N) is 1. The zero-order chi connectivity index (χ0) is 21.1. The third-order valence-corrected chi connectivity index (χ3v) is 6.09. The molecule has 0 amide bonds. The normalized spacial score (nSPS) is 18.6. The Bertz CT molecular complexity index is 1030. The summed E-state index contributed by atoms with van der Waals surface area (Å²) in [5.74, 6) is 0. The third-order valence-electron chi connectivity index (χ3n) is 5.20. The zero-order valence-corrected chi connectivity index (χ0v) is 18.8. The summed E-state index contributed by atoms with van der Waals surface area (Å²) in [6, 6.07) is 15.4. The summed E-state index contributed by atoms with van der Waals surface area (Å²) in [6.07, 6.45) is 4.68. The molecule has 1 N–H and O–H groups in total. The van der Waals surface area contributed by atoms with Crippen molar-refractivity contribution in [1.82, 2.24) is 19.8 Å². The van der Waals surface area contributed by atoms with Gasteiger partial charge in [-0.3, -0.25) is 4.98 Å². The Morgan fingerprint density at radius 3 is 2.77 bits per heavy atom. The topological polar surface area (TPSA) is 42.3 Å². The van der Waals surface area contributed by atoms with Crippen LogP contribution in [0.1, 0.15) is 29.9 Å². The van der Waals surface area contributed by atoms with Crippen molar-refractivity contribution in [3.63, 3.8) is 0 Å². The molecular formula is C22H22Cl2N4OS. The van der Waals surface area contributed by atoms with Crippen LogP contribution in [-0.4, -0.2) is 39.8 Å². The smallest absolute Gasteiger partial charge is 0.170 e. The number of benzene rings is 1. The van der Waals surface area contributed by atoms with E-state index in [-0.39, 0.29) is 12.1 Å². The van der Waals surface area contributed by atoms with Gasteiger partial charge in [0.2, 0.25) is 0 Å². The van der Waals surface area contributed by atoms with Gasteiger partial charge in [0.15, 0.2) is 5.11 Å². The minimum atomic E-state index is -0.0824. The first-order chi connectivity index (χ1) is 14.6. The lowest BCUT2D eigenvalue weighted by Gasteiger charge is -2.29. The highest BCUT2D eigenvalue weighted by Crippen LogP contribution is 2.40. The fourth-order valence-corrected chi connectivity index (χ4v) is 4.71. The molecule has 2 aromatic heterocycles. The molecule has 30 heavy (non-hydrogen) atoms. The van der Waals surface area contributed by atoms with Gasteiger partial charge in [-0.05, 0) is 61.1 Å². The molecule has 0 saturated carbocycles. The van der Waals surface area contributed by atoms with E-state index in [1.54, 1.807) is 19.4 Å². The Morgan fingerprint density at radius 2 is 2.03 bits per heavy atom. The van der Waals surface area contributed by atoms with E-state index in [2.05, 4.69) is 25.8 Å². The standard InChI is InChI=1S/C22H22Cl2N4OS/c1-29-13-5-12-28-21(20(26-22(28)30)17-6-2-3-10-25-17)19-7-4-11-27(19)18-9-8-15(23)14-16(18)24/h2-4,6-11,14,20-21H,5,12-13H2,1H3,(H,26,30)/t20-,21-/m1/s1. The number of thiocarbonyl (C=S) groups is 1. The molecule has 0 aliphatic carbocycles. The van der Waals surface area contributed by atoms with Crippen LogP contribution < -0.4 is 5.32 Å². The number of methoxy groups -OCH3 is 1. The summed E-state index contributed by atoms with van der Waals surface area (Å²) >= 11 is 18.4. The van der Waals surface area contributed by atoms with Gasteiger partial charge in [0, 0.05) is 43.4 Å². The van der Waals surface area contributed by atoms with Crippen molar-refractivity contribution in [1.29, 1.82) is 0 Å². The van der Waals surface area contributed by atoms with Gasteiger partial charge >= 0.3 is 0 Å². The number of aromatic nitrogens is 2. The molecule has 1 aliphatic rings. The number of hydrogen-bond acceptors (Lipinski definition) is 3. The number of ether oxygens (including phenoxy) is 1. The van der Waals surface area contributed by atoms with Crippen molar-refractivity contribution in [2.45, 2.75) is 18.5 Å². The van der Waals surface area contributed by atoms with E-state index < -0.39 is 0 Å². The quantitative estimate of drug-likeness (QED) is 0.388. The SMILES string of the molecule is COCCCN1C(=S)N[C@H](c2ccccn2)[C@H]1c1cccn1-c1ccc(Cl)cc1Cl. The fraction of sp³-hybridized carbons (Fsp3) is 0.273. The molecule has 1 fully saturated rings. The molecule has 3 heterocycles. The molecule has 2 atom stereocenters. The molecule has 1 aromatic carbocycles. The second-order valence-corrected chi connectivity index (χ2v) is 8.30. The molecule has 3 aromatic rings. The van der Waals surface area contributed by atoms with Crippen molar-refractivity contribution in [2.24, 2.45) is 0 Å². The summed E-state index contributed by atoms with van der Waals surface area (Å²) in [6.45, 7) is 1.44. The van der Waals surface area contributed by atoms with Crippen LogP contribution in [0.4, 0.5) is 0 Å². The Kier molecular flexibility index (Phi) is 6.58. The highest BCUT2D eigenvalue weighted by Gasteiger charge is 2.41. The summed E-state index contributed by atoms with van der Waals surface area (Å²) in [7, 11) is 1.71. The largest absolute Gasteiger partial charge is 0.385 e. The van der Waals surface area contributed by atoms with E-state index >= 15 is 0 Å². The summed E-state index contributed by atoms with van der Waals surface area (Å²) < 4.78 is 7.35. The molecule has 5 nitrogen and oxygen atoms in total. The number of rotatable bonds is 7. The van der Waals surface area contributed by atoms with Crippen LogP contribution in [0.5, 0.6) is 0 Å². The van der Waals surface area contributed by atoms with Gasteiger partial charge in [-0.2, -0.15) is 0 Å². The molecule has 0 spiro atoms. The van der Waals surface area contributed by atoms with Gasteiger partial charge in [-0.1, -0.05) is 29.3 Å². The van der Waals surface area contributed by atoms with Crippen LogP contribution in [0, 0.1) is 0 Å². The van der Waals surface area contributed by atoms with Gasteiger partial charge in [0.25, 0.3) is 0 Å². The first kappa shape index (κ1) is 21.1. The van der Waals surface area contributed by atoms with Crippen LogP contribution in [0.3, 0.4) is 0 Å². The summed E-state index contributed by atoms with van der Waals surface area (Å²) in [5.41, 5.74) is 2.88. The summed E-state index contributed by atoms with van der Waals surface area (Å²) in [4.78, 5) is 6.80. The van der Waals surface area contributed by atoms with Gasteiger partial charge in [-0.15, -0.1) is 0 Å². The Labute approximate surface area is 191 Å². The van der Waals surface area contributed by atoms with E-state index in [4.69, 9.17) is 40.2 Å². The average molecular weight is 461 g/mol. The average Bonchev–Trinajstić information content (AvgIpc) is 3.33. The van der Waals surface area contributed by atoms with Crippen LogP contribution >= 0.6 is 35.4 Å². The van der Waals surface area contributed by atoms with Crippen LogP contribution in [0.2, 0.25) is 10.0 Å². The first-order valence-corrected chi connectivity index (χ1v) is 10.9. The lowest BCUT2D eigenvalue weighted by molar-refractivity contribution is 0.180. The first-order valence-electron chi connectivity index (χ1n) is 9.70. The number of pyridine rings is 1. The van der Waals surface area contributed by atoms with E-state index in [9.17, 15) is 0 Å². The minimum absolute atomic E-state index is 0.0500. The van der Waals surface area contributed by atoms with Crippen LogP contribution in [0.25, 0.3) is 5.69 Å². The van der Waals surface area contributed by atoms with Crippen molar-refractivity contribution >= 4 is 40.5 Å². The van der Waals surface area contributed by atoms with E-state index in [1.165, 1.54) is 0 Å². The predicted octanol–water partition coefficient (Wildman–Crippen LogP) is 5.19. The molecule has 8 heteroatoms. The molecule has 0 radical (unpaired) electrons. The molecule has 0 bridgehead atoms. The van der Waals surface area contributed by atoms with Crippen molar-refractivity contribution < 1.29 is 4.74 Å². The maximum atomic E-state index is 6.53. The Hall–Kier alpha value is -2.12. The molecule has 0 unspecified atom stereocenters. The van der Waals surface area contributed by atoms with Crippen LogP contribution in [-0.2, 0) is 4.74 Å². The lowest BCUT2D eigenvalue weighted by Crippen LogP contribution is -2.32. The number of halogens is 2. The highest BCUT2D eigenvalue weighted by atomic mass is 35.5. The van der Waals surface area contributed by atoms with Crippen molar-refractivity contribution in [3.8, 4) is 5.69 Å². The molecular weight excluding hydrogens is 439 g/mol. The monoisotopic (exact) mass is 460 g/mol. The zero-order valence-electron chi connectivity index (χ0n) is 16.5. The lowest BCUT2D eigenvalue weighted by atomic mass is 10.0. The van der Waals surface area contributed by atoms with Gasteiger partial charge in [0.05, 0.1) is 28.5 Å². The summed E-state index contributed by atoms with van der Waals surface area (Å²) in [5, 5.41) is 5.38. The second kappa shape index (κ2) is 9.35. The molecule has 1 aliphatic heterocycles. The molecule has 156 valence electrons. The Balaban J connectivity index is 1.78. The maximum Gasteiger partial charge on any atom is 0.170 e. The highest BCUT2D eigenvalue weighted by molar-refractivity contribution is 7.80. The number of hydrogen-bond donors (Lipinski definition) is 1. The van der Waals surface area contributed by atoms with Gasteiger partial charge in [-0.25, -0.2) is 0 Å². The predicted molar refractivity (Wildman–Crippen MR) is 124 cm³/mol. The maximum absolute atomic E-state index is 6.53. The number of nitrogens with zero attached hydrogens (tertiary/aromatic N) is 3. The van der Waals surface area contributed by atoms with Crippen molar-refractivity contribution in [2.75, 3.05) is 20.3 Å². The molecule has 4 rings (SSSR count). The Morgan fingerprint density at radius 1 is 1.17 bits per heavy atom. The third kappa shape index (κ3) is 4.18. The van der Waals surface area contributed by atoms with Crippen LogP contribution in [0.15, 0.2) is 60.9 Å². The molecule has 1 saturated heterocycles. The van der Waals surface area contributed by atoms with E-state index in [0.29, 0.717) is 21.8 Å². The van der Waals surface area contributed by atoms with E-state index in [0.717, 1.165) is 30.0 Å². The van der Waals surface area contributed by atoms with E-state index in [1.807, 2.05) is 42.6 Å². The van der Waals surface area contributed by atoms with Crippen molar-refractivity contribution in [3.05, 3.63) is 82.4 Å². The fourth-order valence-electron chi connectivity index (χ4n) is 3.88. The van der Waals surface area contributed by atoms with Gasteiger partial charge in [0.1, 0.15) is 0 Å².